The van der Waals surface area contributed by atoms with Crippen LogP contribution in [0.3, 0.4) is 0 Å². The molecule has 0 radical (unpaired) electrons. The van der Waals surface area contributed by atoms with Crippen LogP contribution in [0.2, 0.25) is 0 Å². The number of hydrogen-bond donors (Lipinski definition) is 1. The summed E-state index contributed by atoms with van der Waals surface area (Å²) in [5.74, 6) is 0.166. The molecule has 90 valence electrons. The lowest BCUT2D eigenvalue weighted by Crippen LogP contribution is -1.86. The molecule has 2 nitrogen and oxygen atoms in total. The van der Waals surface area contributed by atoms with Crippen molar-refractivity contribution in [3.05, 3.63) is 66.3 Å². The number of benzene rings is 1. The molecule has 0 saturated carbocycles. The predicted octanol–water partition coefficient (Wildman–Crippen LogP) is 4.42. The van der Waals surface area contributed by atoms with Crippen molar-refractivity contribution in [2.24, 2.45) is 0 Å². The average molecular weight is 245 g/mol. The van der Waals surface area contributed by atoms with Crippen molar-refractivity contribution in [3.63, 3.8) is 0 Å². The number of para-hydroxylation sites is 1. The molecular weight excluding hydrogens is 236 g/mol. The van der Waals surface area contributed by atoms with Crippen molar-refractivity contribution in [2.75, 3.05) is 0 Å². The second kappa shape index (κ2) is 4.14. The lowest BCUT2D eigenvalue weighted by atomic mass is 10.0. The fraction of sp³-hybridized carbons (Fsp3) is 0. The summed E-state index contributed by atoms with van der Waals surface area (Å²) in [7, 11) is 0. The van der Waals surface area contributed by atoms with Crippen LogP contribution >= 0.6 is 0 Å². The first-order chi connectivity index (χ1) is 8.77. The lowest BCUT2D eigenvalue weighted by Gasteiger charge is -2.01. The summed E-state index contributed by atoms with van der Waals surface area (Å²) >= 11 is 0. The van der Waals surface area contributed by atoms with Gasteiger partial charge in [0, 0.05) is 22.7 Å². The zero-order chi connectivity index (χ0) is 12.5. The molecule has 0 aliphatic carbocycles. The van der Waals surface area contributed by atoms with Gasteiger partial charge in [-0.1, -0.05) is 18.2 Å². The van der Waals surface area contributed by atoms with Crippen LogP contribution < -0.4 is 0 Å². The summed E-state index contributed by atoms with van der Waals surface area (Å²) < 4.78 is 31.4. The Labute approximate surface area is 102 Å². The molecule has 0 aliphatic rings. The first-order valence-corrected chi connectivity index (χ1v) is 5.43. The van der Waals surface area contributed by atoms with Crippen molar-refractivity contribution in [1.82, 2.24) is 4.98 Å². The van der Waals surface area contributed by atoms with Gasteiger partial charge in [-0.2, -0.15) is 8.78 Å². The van der Waals surface area contributed by atoms with E-state index in [1.54, 1.807) is 18.3 Å². The Morgan fingerprint density at radius 3 is 2.61 bits per heavy atom. The third kappa shape index (κ3) is 1.62. The maximum Gasteiger partial charge on any atom is 0.281 e. The Morgan fingerprint density at radius 1 is 1.06 bits per heavy atom. The third-order valence-corrected chi connectivity index (χ3v) is 2.82. The van der Waals surface area contributed by atoms with Gasteiger partial charge < -0.3 is 9.40 Å². The zero-order valence-electron chi connectivity index (χ0n) is 9.28. The molecule has 1 aromatic carbocycles. The number of rotatable bonds is 2. The van der Waals surface area contributed by atoms with Gasteiger partial charge in [0.25, 0.3) is 6.08 Å². The van der Waals surface area contributed by atoms with E-state index in [4.69, 9.17) is 4.42 Å². The number of furan rings is 1. The minimum absolute atomic E-state index is 0.166. The second-order valence-electron chi connectivity index (χ2n) is 3.86. The summed E-state index contributed by atoms with van der Waals surface area (Å²) in [6.07, 6.45) is 1.20. The van der Waals surface area contributed by atoms with Crippen LogP contribution in [-0.4, -0.2) is 4.98 Å². The van der Waals surface area contributed by atoms with Crippen molar-refractivity contribution >= 4 is 16.5 Å². The summed E-state index contributed by atoms with van der Waals surface area (Å²) in [6, 6.07) is 10.4. The Morgan fingerprint density at radius 2 is 1.89 bits per heavy atom. The molecule has 4 heteroatoms. The highest BCUT2D eigenvalue weighted by atomic mass is 19.3. The Balaban J connectivity index is 2.27. The molecule has 0 amide bonds. The lowest BCUT2D eigenvalue weighted by molar-refractivity contribution is 0.422. The Kier molecular flexibility index (Phi) is 2.48. The normalized spacial score (nSPS) is 10.8. The predicted molar refractivity (Wildman–Crippen MR) is 65.2 cm³/mol. The van der Waals surface area contributed by atoms with Crippen LogP contribution in [0.4, 0.5) is 8.78 Å². The largest absolute Gasteiger partial charge is 0.464 e. The number of aromatic amines is 1. The van der Waals surface area contributed by atoms with E-state index in [2.05, 4.69) is 4.98 Å². The summed E-state index contributed by atoms with van der Waals surface area (Å²) in [4.78, 5) is 2.98. The number of hydrogen-bond acceptors (Lipinski definition) is 1. The highest BCUT2D eigenvalue weighted by molar-refractivity contribution is 5.96. The smallest absolute Gasteiger partial charge is 0.281 e. The molecular formula is C14H9F2NO. The highest BCUT2D eigenvalue weighted by Crippen LogP contribution is 2.33. The fourth-order valence-corrected chi connectivity index (χ4v) is 2.03. The molecule has 2 heterocycles. The van der Waals surface area contributed by atoms with E-state index < -0.39 is 6.08 Å². The molecule has 18 heavy (non-hydrogen) atoms. The van der Waals surface area contributed by atoms with Crippen LogP contribution in [0.5, 0.6) is 0 Å². The van der Waals surface area contributed by atoms with Crippen molar-refractivity contribution in [2.45, 2.75) is 0 Å². The monoisotopic (exact) mass is 245 g/mol. The summed E-state index contributed by atoms with van der Waals surface area (Å²) in [5, 5.41) is 0.747. The van der Waals surface area contributed by atoms with Gasteiger partial charge in [0.1, 0.15) is 5.76 Å². The van der Waals surface area contributed by atoms with E-state index in [0.717, 1.165) is 10.9 Å². The minimum atomic E-state index is -1.75. The van der Waals surface area contributed by atoms with Gasteiger partial charge in [0.05, 0.1) is 11.8 Å². The molecule has 0 atom stereocenters. The first-order valence-electron chi connectivity index (χ1n) is 5.43. The van der Waals surface area contributed by atoms with E-state index >= 15 is 0 Å². The molecule has 3 rings (SSSR count). The first kappa shape index (κ1) is 10.8. The molecule has 1 N–H and O–H groups in total. The summed E-state index contributed by atoms with van der Waals surface area (Å²) in [5.41, 5.74) is 1.09. The van der Waals surface area contributed by atoms with Gasteiger partial charge in [-0.05, 0) is 18.2 Å². The number of H-pyrrole nitrogens is 1. The van der Waals surface area contributed by atoms with Gasteiger partial charge in [0.2, 0.25) is 0 Å². The quantitative estimate of drug-likeness (QED) is 0.711. The highest BCUT2D eigenvalue weighted by Gasteiger charge is 2.18. The number of halogens is 2. The zero-order valence-corrected chi connectivity index (χ0v) is 9.28. The van der Waals surface area contributed by atoms with Crippen LogP contribution in [0, 0.1) is 0 Å². The molecule has 0 aliphatic heterocycles. The van der Waals surface area contributed by atoms with E-state index in [9.17, 15) is 8.78 Å². The van der Waals surface area contributed by atoms with E-state index in [1.165, 1.54) is 12.3 Å². The van der Waals surface area contributed by atoms with Crippen LogP contribution in [0.25, 0.3) is 16.5 Å². The fourth-order valence-electron chi connectivity index (χ4n) is 2.03. The SMILES string of the molecule is FC(F)=C(c1ccco1)c1c[nH]c2ccccc12. The standard InChI is InChI=1S/C14H9F2NO/c15-14(16)13(12-6-3-7-18-12)10-8-17-11-5-2-1-4-9(10)11/h1-8,17H. The molecule has 0 bridgehead atoms. The molecule has 0 spiro atoms. The number of fused-ring (bicyclic) bond motifs is 1. The Bertz CT molecular complexity index is 706. The molecule has 0 fully saturated rings. The molecule has 0 unspecified atom stereocenters. The van der Waals surface area contributed by atoms with Crippen LogP contribution in [-0.2, 0) is 0 Å². The summed E-state index contributed by atoms with van der Waals surface area (Å²) in [6.45, 7) is 0. The number of nitrogens with one attached hydrogen (secondary N) is 1. The molecule has 2 aromatic heterocycles. The van der Waals surface area contributed by atoms with Crippen molar-refractivity contribution in [1.29, 1.82) is 0 Å². The van der Waals surface area contributed by atoms with Crippen molar-refractivity contribution in [3.8, 4) is 0 Å². The maximum atomic E-state index is 13.2. The minimum Gasteiger partial charge on any atom is -0.464 e. The van der Waals surface area contributed by atoms with Crippen molar-refractivity contribution < 1.29 is 13.2 Å². The van der Waals surface area contributed by atoms with Gasteiger partial charge in [-0.15, -0.1) is 0 Å². The number of aromatic nitrogens is 1. The van der Waals surface area contributed by atoms with Crippen LogP contribution in [0.15, 0.2) is 59.4 Å². The van der Waals surface area contributed by atoms with Gasteiger partial charge >= 0.3 is 0 Å². The maximum absolute atomic E-state index is 13.2. The Hall–Kier alpha value is -2.36. The average Bonchev–Trinajstić information content (AvgIpc) is 3.00. The van der Waals surface area contributed by atoms with Gasteiger partial charge in [-0.25, -0.2) is 0 Å². The van der Waals surface area contributed by atoms with E-state index in [0.29, 0.717) is 5.56 Å². The van der Waals surface area contributed by atoms with Gasteiger partial charge in [0.15, 0.2) is 0 Å². The molecule has 0 saturated heterocycles. The van der Waals surface area contributed by atoms with E-state index in [-0.39, 0.29) is 11.3 Å². The van der Waals surface area contributed by atoms with E-state index in [1.807, 2.05) is 18.2 Å². The third-order valence-electron chi connectivity index (χ3n) is 2.82. The topological polar surface area (TPSA) is 28.9 Å². The molecule has 3 aromatic rings. The second-order valence-corrected chi connectivity index (χ2v) is 3.86. The van der Waals surface area contributed by atoms with Crippen LogP contribution in [0.1, 0.15) is 11.3 Å². The van der Waals surface area contributed by atoms with Gasteiger partial charge in [-0.3, -0.25) is 0 Å².